The second-order valence-electron chi connectivity index (χ2n) is 14.3. The van der Waals surface area contributed by atoms with E-state index in [9.17, 15) is 0 Å². The highest BCUT2D eigenvalue weighted by Gasteiger charge is 2.42. The number of nitrogens with zero attached hydrogens (tertiary/aromatic N) is 1. The van der Waals surface area contributed by atoms with Crippen molar-refractivity contribution in [1.82, 2.24) is 0 Å². The van der Waals surface area contributed by atoms with E-state index < -0.39 is 5.79 Å². The van der Waals surface area contributed by atoms with Crippen LogP contribution in [-0.2, 0) is 13.1 Å². The van der Waals surface area contributed by atoms with Gasteiger partial charge in [0.1, 0.15) is 11.5 Å². The molecule has 0 amide bonds. The van der Waals surface area contributed by atoms with E-state index in [0.29, 0.717) is 0 Å². The van der Waals surface area contributed by atoms with Gasteiger partial charge in [-0.15, -0.1) is 0 Å². The number of fused-ring (bicyclic) bond motifs is 2. The van der Waals surface area contributed by atoms with Gasteiger partial charge < -0.3 is 14.4 Å². The first-order chi connectivity index (χ1) is 24.7. The second kappa shape index (κ2) is 18.7. The molecule has 0 aromatic heterocycles. The molecule has 1 unspecified atom stereocenters. The highest BCUT2D eigenvalue weighted by Crippen LogP contribution is 2.44. The molecule has 0 radical (unpaired) electrons. The molecule has 0 saturated heterocycles. The number of ether oxygens (including phenoxy) is 2. The normalized spacial score (nSPS) is 15.9. The van der Waals surface area contributed by atoms with Crippen LogP contribution in [0, 0.1) is 0 Å². The van der Waals surface area contributed by atoms with Gasteiger partial charge in [0.05, 0.1) is 0 Å². The first-order valence-corrected chi connectivity index (χ1v) is 19.6. The Labute approximate surface area is 302 Å². The van der Waals surface area contributed by atoms with E-state index in [2.05, 4.69) is 127 Å². The van der Waals surface area contributed by atoms with Gasteiger partial charge in [0, 0.05) is 47.6 Å². The predicted octanol–water partition coefficient (Wildman–Crippen LogP) is 13.3. The Morgan fingerprint density at radius 1 is 0.520 bits per heavy atom. The SMILES string of the molecule is CCCCCCCCCCCCCCCCC1=Cc2ccccc2OC12C=Cc1ccc(N(Cc3ccccc3)Cc3ccccc3)cc1O2. The maximum atomic E-state index is 6.99. The van der Waals surface area contributed by atoms with Gasteiger partial charge in [0.2, 0.25) is 0 Å². The van der Waals surface area contributed by atoms with Crippen molar-refractivity contribution in [3.8, 4) is 11.5 Å². The molecular formula is C47H57NO2. The highest BCUT2D eigenvalue weighted by molar-refractivity contribution is 5.71. The van der Waals surface area contributed by atoms with Crippen molar-refractivity contribution in [3.05, 3.63) is 137 Å². The molecule has 4 aromatic rings. The first kappa shape index (κ1) is 35.6. The Bertz CT molecular complexity index is 1620. The van der Waals surface area contributed by atoms with Crippen LogP contribution in [0.25, 0.3) is 12.2 Å². The summed E-state index contributed by atoms with van der Waals surface area (Å²) in [5, 5.41) is 0. The summed E-state index contributed by atoms with van der Waals surface area (Å²) in [7, 11) is 0. The number of hydrogen-bond donors (Lipinski definition) is 0. The van der Waals surface area contributed by atoms with E-state index in [1.165, 1.54) is 100 Å². The Morgan fingerprint density at radius 2 is 1.06 bits per heavy atom. The van der Waals surface area contributed by atoms with Crippen LogP contribution < -0.4 is 14.4 Å². The lowest BCUT2D eigenvalue weighted by Gasteiger charge is -2.40. The van der Waals surface area contributed by atoms with Crippen molar-refractivity contribution in [2.24, 2.45) is 0 Å². The molecule has 262 valence electrons. The van der Waals surface area contributed by atoms with E-state index in [1.807, 2.05) is 6.07 Å². The van der Waals surface area contributed by atoms with Crippen LogP contribution in [0.15, 0.2) is 115 Å². The van der Waals surface area contributed by atoms with Gasteiger partial charge in [0.25, 0.3) is 5.79 Å². The molecule has 50 heavy (non-hydrogen) atoms. The number of hydrogen-bond acceptors (Lipinski definition) is 3. The second-order valence-corrected chi connectivity index (χ2v) is 14.3. The number of para-hydroxylation sites is 1. The van der Waals surface area contributed by atoms with Crippen molar-refractivity contribution in [2.75, 3.05) is 4.90 Å². The molecule has 0 saturated carbocycles. The number of anilines is 1. The number of rotatable bonds is 20. The summed E-state index contributed by atoms with van der Waals surface area (Å²) in [6.45, 7) is 3.91. The minimum absolute atomic E-state index is 0.809. The smallest absolute Gasteiger partial charge is 0.294 e. The predicted molar refractivity (Wildman–Crippen MR) is 212 cm³/mol. The van der Waals surface area contributed by atoms with E-state index in [-0.39, 0.29) is 0 Å². The average molecular weight is 668 g/mol. The summed E-state index contributed by atoms with van der Waals surface area (Å²) >= 11 is 0. The van der Waals surface area contributed by atoms with Crippen LogP contribution in [0.4, 0.5) is 5.69 Å². The van der Waals surface area contributed by atoms with Crippen molar-refractivity contribution in [2.45, 2.75) is 122 Å². The largest absolute Gasteiger partial charge is 0.444 e. The molecule has 0 bridgehead atoms. The molecule has 6 rings (SSSR count). The Hall–Kier alpha value is -4.24. The maximum absolute atomic E-state index is 6.99. The maximum Gasteiger partial charge on any atom is 0.294 e. The highest BCUT2D eigenvalue weighted by atomic mass is 16.7. The minimum Gasteiger partial charge on any atom is -0.444 e. The van der Waals surface area contributed by atoms with Gasteiger partial charge >= 0.3 is 0 Å². The number of unbranched alkanes of at least 4 members (excludes halogenated alkanes) is 13. The summed E-state index contributed by atoms with van der Waals surface area (Å²) in [4.78, 5) is 2.43. The average Bonchev–Trinajstić information content (AvgIpc) is 3.15. The summed E-state index contributed by atoms with van der Waals surface area (Å²) in [5.41, 5.74) is 7.11. The van der Waals surface area contributed by atoms with Gasteiger partial charge in [-0.25, -0.2) is 0 Å². The van der Waals surface area contributed by atoms with Gasteiger partial charge in [0.15, 0.2) is 0 Å². The van der Waals surface area contributed by atoms with Crippen molar-refractivity contribution < 1.29 is 9.47 Å². The van der Waals surface area contributed by atoms with Crippen molar-refractivity contribution >= 4 is 17.8 Å². The molecule has 4 aromatic carbocycles. The third-order valence-corrected chi connectivity index (χ3v) is 10.3. The Morgan fingerprint density at radius 3 is 1.68 bits per heavy atom. The molecule has 0 fully saturated rings. The van der Waals surface area contributed by atoms with Crippen LogP contribution in [0.1, 0.15) is 125 Å². The van der Waals surface area contributed by atoms with E-state index >= 15 is 0 Å². The minimum atomic E-state index is -0.930. The standard InChI is InChI=1S/C47H57NO2/c1-2-3-4-5-6-7-8-9-10-11-12-13-14-21-29-43-35-42-28-22-23-30-45(42)49-47(43)34-33-41-31-32-44(36-46(41)50-47)48(37-39-24-17-15-18-25-39)38-40-26-19-16-20-27-40/h15-20,22-28,30-36H,2-14,21,29,37-38H2,1H3. The summed E-state index contributed by atoms with van der Waals surface area (Å²) in [6.07, 6.45) is 26.7. The molecule has 2 aliphatic heterocycles. The van der Waals surface area contributed by atoms with Gasteiger partial charge in [-0.05, 0) is 54.3 Å². The van der Waals surface area contributed by atoms with Crippen LogP contribution in [-0.4, -0.2) is 5.79 Å². The van der Waals surface area contributed by atoms with Gasteiger partial charge in [-0.2, -0.15) is 0 Å². The lowest BCUT2D eigenvalue weighted by Crippen LogP contribution is -2.45. The zero-order valence-corrected chi connectivity index (χ0v) is 30.3. The molecule has 2 heterocycles. The molecule has 0 aliphatic carbocycles. The molecule has 3 nitrogen and oxygen atoms in total. The quantitative estimate of drug-likeness (QED) is 0.0876. The Balaban J connectivity index is 1.08. The summed E-state index contributed by atoms with van der Waals surface area (Å²) < 4.78 is 13.8. The summed E-state index contributed by atoms with van der Waals surface area (Å²) in [5.74, 6) is 0.804. The molecule has 0 N–H and O–H groups in total. The van der Waals surface area contributed by atoms with Crippen molar-refractivity contribution in [3.63, 3.8) is 0 Å². The van der Waals surface area contributed by atoms with Gasteiger partial charge in [-0.1, -0.05) is 169 Å². The fourth-order valence-corrected chi connectivity index (χ4v) is 7.38. The van der Waals surface area contributed by atoms with Crippen LogP contribution >= 0.6 is 0 Å². The fourth-order valence-electron chi connectivity index (χ4n) is 7.38. The molecule has 1 atom stereocenters. The molecule has 1 spiro atoms. The Kier molecular flexibility index (Phi) is 13.3. The monoisotopic (exact) mass is 667 g/mol. The number of benzene rings is 4. The van der Waals surface area contributed by atoms with Crippen LogP contribution in [0.2, 0.25) is 0 Å². The first-order valence-electron chi connectivity index (χ1n) is 19.6. The molecule has 3 heteroatoms. The third-order valence-electron chi connectivity index (χ3n) is 10.3. The lowest BCUT2D eigenvalue weighted by atomic mass is 9.91. The van der Waals surface area contributed by atoms with Crippen molar-refractivity contribution in [1.29, 1.82) is 0 Å². The summed E-state index contributed by atoms with van der Waals surface area (Å²) in [6, 6.07) is 36.4. The molecular weight excluding hydrogens is 611 g/mol. The zero-order chi connectivity index (χ0) is 34.3. The van der Waals surface area contributed by atoms with E-state index in [4.69, 9.17) is 9.47 Å². The third kappa shape index (κ3) is 9.93. The van der Waals surface area contributed by atoms with Crippen LogP contribution in [0.5, 0.6) is 11.5 Å². The fraction of sp³-hybridized carbons (Fsp3) is 0.404. The molecule has 2 aliphatic rings. The van der Waals surface area contributed by atoms with E-state index in [0.717, 1.165) is 54.2 Å². The van der Waals surface area contributed by atoms with E-state index in [1.54, 1.807) is 0 Å². The lowest BCUT2D eigenvalue weighted by molar-refractivity contribution is -0.0438. The van der Waals surface area contributed by atoms with Crippen LogP contribution in [0.3, 0.4) is 0 Å². The topological polar surface area (TPSA) is 21.7 Å². The zero-order valence-electron chi connectivity index (χ0n) is 30.3. The van der Waals surface area contributed by atoms with Gasteiger partial charge in [-0.3, -0.25) is 0 Å².